The molecule has 1 aliphatic carbocycles. The first-order valence-corrected chi connectivity index (χ1v) is 4.94. The van der Waals surface area contributed by atoms with Crippen LogP contribution in [0, 0.1) is 12.8 Å². The molecule has 1 unspecified atom stereocenters. The zero-order valence-corrected chi connectivity index (χ0v) is 8.38. The molecular formula is C10H13ClN2. The van der Waals surface area contributed by atoms with Crippen molar-refractivity contribution in [3.05, 3.63) is 28.5 Å². The van der Waals surface area contributed by atoms with E-state index in [0.29, 0.717) is 11.1 Å². The first-order valence-electron chi connectivity index (χ1n) is 4.56. The van der Waals surface area contributed by atoms with Crippen molar-refractivity contribution in [2.24, 2.45) is 11.7 Å². The largest absolute Gasteiger partial charge is 0.324 e. The van der Waals surface area contributed by atoms with Crippen LogP contribution in [0.4, 0.5) is 0 Å². The molecule has 1 aromatic heterocycles. The average molecular weight is 197 g/mol. The van der Waals surface area contributed by atoms with Crippen molar-refractivity contribution in [1.29, 1.82) is 0 Å². The Morgan fingerprint density at radius 1 is 1.62 bits per heavy atom. The lowest BCUT2D eigenvalue weighted by atomic mass is 10.0. The van der Waals surface area contributed by atoms with E-state index in [0.717, 1.165) is 11.1 Å². The highest BCUT2D eigenvalue weighted by Crippen LogP contribution is 2.39. The Kier molecular flexibility index (Phi) is 2.26. The van der Waals surface area contributed by atoms with E-state index in [1.807, 2.05) is 13.0 Å². The third-order valence-electron chi connectivity index (χ3n) is 2.55. The van der Waals surface area contributed by atoms with Crippen molar-refractivity contribution in [3.8, 4) is 0 Å². The molecule has 13 heavy (non-hydrogen) atoms. The van der Waals surface area contributed by atoms with E-state index in [1.165, 1.54) is 12.8 Å². The first-order chi connectivity index (χ1) is 6.18. The van der Waals surface area contributed by atoms with Gasteiger partial charge in [0.25, 0.3) is 0 Å². The van der Waals surface area contributed by atoms with Crippen LogP contribution in [-0.2, 0) is 0 Å². The number of aromatic nitrogens is 1. The highest BCUT2D eigenvalue weighted by molar-refractivity contribution is 6.30. The number of hydrogen-bond acceptors (Lipinski definition) is 2. The summed E-state index contributed by atoms with van der Waals surface area (Å²) in [4.78, 5) is 4.10. The molecule has 0 radical (unpaired) electrons. The van der Waals surface area contributed by atoms with E-state index < -0.39 is 0 Å². The fourth-order valence-electron chi connectivity index (χ4n) is 1.49. The van der Waals surface area contributed by atoms with Gasteiger partial charge in [-0.25, -0.2) is 4.98 Å². The van der Waals surface area contributed by atoms with Gasteiger partial charge in [0.2, 0.25) is 0 Å². The molecule has 0 spiro atoms. The van der Waals surface area contributed by atoms with E-state index >= 15 is 0 Å². The zero-order valence-electron chi connectivity index (χ0n) is 7.63. The summed E-state index contributed by atoms with van der Waals surface area (Å²) >= 11 is 5.83. The Morgan fingerprint density at radius 2 is 2.31 bits per heavy atom. The second-order valence-electron chi connectivity index (χ2n) is 3.74. The molecule has 0 aliphatic heterocycles. The quantitative estimate of drug-likeness (QED) is 0.739. The molecule has 3 heteroatoms. The highest BCUT2D eigenvalue weighted by atomic mass is 35.5. The normalized spacial score (nSPS) is 18.7. The SMILES string of the molecule is Cc1cc(C(N)C2CC2)cnc1Cl. The average Bonchev–Trinajstić information content (AvgIpc) is 2.91. The van der Waals surface area contributed by atoms with Gasteiger partial charge in [0, 0.05) is 12.2 Å². The van der Waals surface area contributed by atoms with Crippen LogP contribution in [-0.4, -0.2) is 4.98 Å². The molecule has 0 bridgehead atoms. The van der Waals surface area contributed by atoms with Crippen molar-refractivity contribution >= 4 is 11.6 Å². The van der Waals surface area contributed by atoms with Gasteiger partial charge in [-0.3, -0.25) is 0 Å². The summed E-state index contributed by atoms with van der Waals surface area (Å²) in [6, 6.07) is 2.20. The minimum absolute atomic E-state index is 0.156. The van der Waals surface area contributed by atoms with Gasteiger partial charge in [0.05, 0.1) is 0 Å². The number of aryl methyl sites for hydroxylation is 1. The van der Waals surface area contributed by atoms with Gasteiger partial charge in [0.1, 0.15) is 5.15 Å². The van der Waals surface area contributed by atoms with Gasteiger partial charge in [-0.05, 0) is 42.9 Å². The smallest absolute Gasteiger partial charge is 0.131 e. The molecule has 0 saturated heterocycles. The van der Waals surface area contributed by atoms with Crippen LogP contribution in [0.25, 0.3) is 0 Å². The highest BCUT2D eigenvalue weighted by Gasteiger charge is 2.29. The van der Waals surface area contributed by atoms with E-state index in [-0.39, 0.29) is 6.04 Å². The Hall–Kier alpha value is -0.600. The maximum Gasteiger partial charge on any atom is 0.131 e. The Morgan fingerprint density at radius 3 is 2.85 bits per heavy atom. The van der Waals surface area contributed by atoms with Crippen LogP contribution in [0.2, 0.25) is 5.15 Å². The van der Waals surface area contributed by atoms with Crippen LogP contribution in [0.5, 0.6) is 0 Å². The summed E-state index contributed by atoms with van der Waals surface area (Å²) in [7, 11) is 0. The molecule has 2 N–H and O–H groups in total. The van der Waals surface area contributed by atoms with Gasteiger partial charge in [-0.2, -0.15) is 0 Å². The molecule has 1 saturated carbocycles. The topological polar surface area (TPSA) is 38.9 Å². The van der Waals surface area contributed by atoms with E-state index in [9.17, 15) is 0 Å². The van der Waals surface area contributed by atoms with E-state index in [1.54, 1.807) is 6.20 Å². The standard InChI is InChI=1S/C10H13ClN2/c1-6-4-8(5-13-10(6)11)9(12)7-2-3-7/h4-5,7,9H,2-3,12H2,1H3. The second-order valence-corrected chi connectivity index (χ2v) is 4.10. The lowest BCUT2D eigenvalue weighted by Crippen LogP contribution is -2.12. The Balaban J connectivity index is 2.24. The molecule has 1 aliphatic rings. The fourth-order valence-corrected chi connectivity index (χ4v) is 1.59. The molecule has 1 fully saturated rings. The van der Waals surface area contributed by atoms with E-state index in [2.05, 4.69) is 4.98 Å². The van der Waals surface area contributed by atoms with E-state index in [4.69, 9.17) is 17.3 Å². The van der Waals surface area contributed by atoms with Crippen molar-refractivity contribution in [3.63, 3.8) is 0 Å². The summed E-state index contributed by atoms with van der Waals surface area (Å²) in [6.07, 6.45) is 4.30. The van der Waals surface area contributed by atoms with Crippen LogP contribution in [0.1, 0.15) is 30.0 Å². The summed E-state index contributed by atoms with van der Waals surface area (Å²) < 4.78 is 0. The molecular weight excluding hydrogens is 184 g/mol. The molecule has 2 rings (SSSR count). The minimum Gasteiger partial charge on any atom is -0.324 e. The predicted octanol–water partition coefficient (Wildman–Crippen LogP) is 2.45. The zero-order chi connectivity index (χ0) is 9.42. The van der Waals surface area contributed by atoms with Crippen LogP contribution < -0.4 is 5.73 Å². The van der Waals surface area contributed by atoms with Gasteiger partial charge >= 0.3 is 0 Å². The van der Waals surface area contributed by atoms with Crippen LogP contribution in [0.3, 0.4) is 0 Å². The number of hydrogen-bond donors (Lipinski definition) is 1. The summed E-state index contributed by atoms with van der Waals surface area (Å²) in [5, 5.41) is 0.576. The lowest BCUT2D eigenvalue weighted by Gasteiger charge is -2.10. The summed E-state index contributed by atoms with van der Waals surface area (Å²) in [5.74, 6) is 0.669. The Labute approximate surface area is 83.1 Å². The van der Waals surface area contributed by atoms with Crippen molar-refractivity contribution < 1.29 is 0 Å². The predicted molar refractivity (Wildman–Crippen MR) is 53.6 cm³/mol. The van der Waals surface area contributed by atoms with Crippen LogP contribution >= 0.6 is 11.6 Å². The van der Waals surface area contributed by atoms with Gasteiger partial charge in [-0.1, -0.05) is 11.6 Å². The van der Waals surface area contributed by atoms with Gasteiger partial charge < -0.3 is 5.73 Å². The summed E-state index contributed by atoms with van der Waals surface area (Å²) in [6.45, 7) is 1.96. The number of pyridine rings is 1. The monoisotopic (exact) mass is 196 g/mol. The molecule has 1 atom stereocenters. The maximum atomic E-state index is 6.04. The Bertz CT molecular complexity index is 321. The summed E-state index contributed by atoms with van der Waals surface area (Å²) in [5.41, 5.74) is 8.16. The van der Waals surface area contributed by atoms with Crippen molar-refractivity contribution in [1.82, 2.24) is 4.98 Å². The fraction of sp³-hybridized carbons (Fsp3) is 0.500. The number of rotatable bonds is 2. The molecule has 1 aromatic rings. The molecule has 1 heterocycles. The first kappa shape index (κ1) is 8.97. The molecule has 0 aromatic carbocycles. The molecule has 2 nitrogen and oxygen atoms in total. The maximum absolute atomic E-state index is 6.04. The molecule has 0 amide bonds. The van der Waals surface area contributed by atoms with Crippen molar-refractivity contribution in [2.75, 3.05) is 0 Å². The second kappa shape index (κ2) is 3.28. The van der Waals surface area contributed by atoms with Crippen molar-refractivity contribution in [2.45, 2.75) is 25.8 Å². The molecule has 70 valence electrons. The number of nitrogens with zero attached hydrogens (tertiary/aromatic N) is 1. The van der Waals surface area contributed by atoms with Gasteiger partial charge in [-0.15, -0.1) is 0 Å². The third-order valence-corrected chi connectivity index (χ3v) is 2.95. The van der Waals surface area contributed by atoms with Crippen LogP contribution in [0.15, 0.2) is 12.3 Å². The number of nitrogens with two attached hydrogens (primary N) is 1. The van der Waals surface area contributed by atoms with Gasteiger partial charge in [0.15, 0.2) is 0 Å². The lowest BCUT2D eigenvalue weighted by molar-refractivity contribution is 0.630. The number of halogens is 1. The third kappa shape index (κ3) is 1.84. The minimum atomic E-state index is 0.156.